The van der Waals surface area contributed by atoms with Gasteiger partial charge < -0.3 is 5.73 Å². The number of nitrogens with zero attached hydrogens (tertiary/aromatic N) is 2. The standard InChI is InChI=1S/C16H14ClN3/c1-10(18)15-16(11-6-2-3-7-12(11)17)20-14-9-5-4-8-13(14)19-15/h2-10H,18H2,1H3. The van der Waals surface area contributed by atoms with E-state index in [4.69, 9.17) is 22.3 Å². The van der Waals surface area contributed by atoms with Crippen molar-refractivity contribution in [3.8, 4) is 11.3 Å². The van der Waals surface area contributed by atoms with Gasteiger partial charge in [0.05, 0.1) is 27.4 Å². The minimum absolute atomic E-state index is 0.210. The van der Waals surface area contributed by atoms with Gasteiger partial charge in [0.25, 0.3) is 0 Å². The highest BCUT2D eigenvalue weighted by Crippen LogP contribution is 2.31. The molecule has 1 heterocycles. The summed E-state index contributed by atoms with van der Waals surface area (Å²) >= 11 is 6.28. The number of nitrogens with two attached hydrogens (primary N) is 1. The molecule has 2 N–H and O–H groups in total. The van der Waals surface area contributed by atoms with E-state index in [1.807, 2.05) is 55.5 Å². The summed E-state index contributed by atoms with van der Waals surface area (Å²) < 4.78 is 0. The van der Waals surface area contributed by atoms with Crippen molar-refractivity contribution in [2.24, 2.45) is 5.73 Å². The lowest BCUT2D eigenvalue weighted by atomic mass is 10.1. The number of rotatable bonds is 2. The number of hydrogen-bond donors (Lipinski definition) is 1. The highest BCUT2D eigenvalue weighted by atomic mass is 35.5. The van der Waals surface area contributed by atoms with Crippen molar-refractivity contribution < 1.29 is 0 Å². The molecule has 0 aliphatic heterocycles. The summed E-state index contributed by atoms with van der Waals surface area (Å²) in [7, 11) is 0. The molecule has 4 heteroatoms. The first kappa shape index (κ1) is 13.0. The van der Waals surface area contributed by atoms with Crippen molar-refractivity contribution in [3.63, 3.8) is 0 Å². The molecule has 0 bridgehead atoms. The van der Waals surface area contributed by atoms with E-state index in [2.05, 4.69) is 4.98 Å². The molecular formula is C16H14ClN3. The van der Waals surface area contributed by atoms with Crippen molar-refractivity contribution >= 4 is 22.6 Å². The van der Waals surface area contributed by atoms with Gasteiger partial charge >= 0.3 is 0 Å². The Hall–Kier alpha value is -1.97. The van der Waals surface area contributed by atoms with E-state index in [1.54, 1.807) is 0 Å². The predicted octanol–water partition coefficient (Wildman–Crippen LogP) is 3.97. The summed E-state index contributed by atoms with van der Waals surface area (Å²) in [6.07, 6.45) is 0. The molecule has 20 heavy (non-hydrogen) atoms. The Kier molecular flexibility index (Phi) is 3.38. The Morgan fingerprint density at radius 3 is 2.20 bits per heavy atom. The first-order valence-corrected chi connectivity index (χ1v) is 6.82. The molecule has 0 aliphatic rings. The van der Waals surface area contributed by atoms with Crippen LogP contribution in [-0.4, -0.2) is 9.97 Å². The molecule has 3 rings (SSSR count). The topological polar surface area (TPSA) is 51.8 Å². The highest BCUT2D eigenvalue weighted by molar-refractivity contribution is 6.33. The molecule has 0 aliphatic carbocycles. The van der Waals surface area contributed by atoms with Gasteiger partial charge in [-0.25, -0.2) is 9.97 Å². The van der Waals surface area contributed by atoms with Gasteiger partial charge in [0.2, 0.25) is 0 Å². The van der Waals surface area contributed by atoms with Crippen LogP contribution < -0.4 is 5.73 Å². The van der Waals surface area contributed by atoms with Crippen LogP contribution in [0, 0.1) is 0 Å². The molecular weight excluding hydrogens is 270 g/mol. The smallest absolute Gasteiger partial charge is 0.0956 e. The monoisotopic (exact) mass is 283 g/mol. The zero-order valence-electron chi connectivity index (χ0n) is 11.0. The van der Waals surface area contributed by atoms with Crippen molar-refractivity contribution in [1.82, 2.24) is 9.97 Å². The summed E-state index contributed by atoms with van der Waals surface area (Å²) in [6, 6.07) is 15.2. The van der Waals surface area contributed by atoms with Crippen LogP contribution in [0.25, 0.3) is 22.3 Å². The predicted molar refractivity (Wildman–Crippen MR) is 82.6 cm³/mol. The van der Waals surface area contributed by atoms with E-state index < -0.39 is 0 Å². The Morgan fingerprint density at radius 1 is 0.950 bits per heavy atom. The summed E-state index contributed by atoms with van der Waals surface area (Å²) in [4.78, 5) is 9.35. The van der Waals surface area contributed by atoms with Gasteiger partial charge in [-0.05, 0) is 25.1 Å². The van der Waals surface area contributed by atoms with Crippen molar-refractivity contribution in [2.75, 3.05) is 0 Å². The number of hydrogen-bond acceptors (Lipinski definition) is 3. The fourth-order valence-electron chi connectivity index (χ4n) is 2.18. The Bertz CT molecular complexity index is 769. The Morgan fingerprint density at radius 2 is 1.55 bits per heavy atom. The van der Waals surface area contributed by atoms with Gasteiger partial charge in [-0.1, -0.05) is 41.9 Å². The second kappa shape index (κ2) is 5.19. The summed E-state index contributed by atoms with van der Waals surface area (Å²) in [6.45, 7) is 1.90. The van der Waals surface area contributed by atoms with Crippen LogP contribution in [0.15, 0.2) is 48.5 Å². The van der Waals surface area contributed by atoms with E-state index >= 15 is 0 Å². The van der Waals surface area contributed by atoms with Crippen LogP contribution in [0.4, 0.5) is 0 Å². The summed E-state index contributed by atoms with van der Waals surface area (Å²) in [5.41, 5.74) is 10.1. The second-order valence-electron chi connectivity index (χ2n) is 4.71. The fourth-order valence-corrected chi connectivity index (χ4v) is 2.41. The van der Waals surface area contributed by atoms with Crippen LogP contribution in [0.5, 0.6) is 0 Å². The van der Waals surface area contributed by atoms with Gasteiger partial charge in [-0.2, -0.15) is 0 Å². The van der Waals surface area contributed by atoms with Gasteiger partial charge in [-0.15, -0.1) is 0 Å². The molecule has 1 atom stereocenters. The summed E-state index contributed by atoms with van der Waals surface area (Å²) in [5.74, 6) is 0. The molecule has 0 saturated carbocycles. The summed E-state index contributed by atoms with van der Waals surface area (Å²) in [5, 5.41) is 0.652. The molecule has 1 unspecified atom stereocenters. The Balaban J connectivity index is 2.33. The molecule has 2 aromatic carbocycles. The molecule has 0 spiro atoms. The van der Waals surface area contributed by atoms with Crippen molar-refractivity contribution in [3.05, 3.63) is 59.2 Å². The lowest BCUT2D eigenvalue weighted by Gasteiger charge is -2.13. The van der Waals surface area contributed by atoms with Crippen LogP contribution in [0.1, 0.15) is 18.7 Å². The van der Waals surface area contributed by atoms with Gasteiger partial charge in [0.15, 0.2) is 0 Å². The fraction of sp³-hybridized carbons (Fsp3) is 0.125. The third-order valence-corrected chi connectivity index (χ3v) is 3.49. The van der Waals surface area contributed by atoms with Crippen LogP contribution >= 0.6 is 11.6 Å². The molecule has 3 nitrogen and oxygen atoms in total. The minimum atomic E-state index is -0.210. The number of para-hydroxylation sites is 2. The number of halogens is 1. The second-order valence-corrected chi connectivity index (χ2v) is 5.12. The van der Waals surface area contributed by atoms with Crippen molar-refractivity contribution in [2.45, 2.75) is 13.0 Å². The average Bonchev–Trinajstić information content (AvgIpc) is 2.46. The quantitative estimate of drug-likeness (QED) is 0.774. The lowest BCUT2D eigenvalue weighted by Crippen LogP contribution is -2.11. The van der Waals surface area contributed by atoms with Gasteiger partial charge in [-0.3, -0.25) is 0 Å². The highest BCUT2D eigenvalue weighted by Gasteiger charge is 2.15. The zero-order valence-corrected chi connectivity index (χ0v) is 11.8. The maximum absolute atomic E-state index is 6.28. The van der Waals surface area contributed by atoms with E-state index in [0.29, 0.717) is 5.02 Å². The van der Waals surface area contributed by atoms with Gasteiger partial charge in [0, 0.05) is 11.6 Å². The zero-order chi connectivity index (χ0) is 14.1. The molecule has 100 valence electrons. The minimum Gasteiger partial charge on any atom is -0.323 e. The average molecular weight is 284 g/mol. The first-order valence-electron chi connectivity index (χ1n) is 6.44. The molecule has 0 saturated heterocycles. The van der Waals surface area contributed by atoms with E-state index in [0.717, 1.165) is 28.0 Å². The number of fused-ring (bicyclic) bond motifs is 1. The van der Waals surface area contributed by atoms with Crippen LogP contribution in [0.2, 0.25) is 5.02 Å². The molecule has 0 amide bonds. The normalized spacial score (nSPS) is 12.6. The number of aromatic nitrogens is 2. The maximum atomic E-state index is 6.28. The SMILES string of the molecule is CC(N)c1nc2ccccc2nc1-c1ccccc1Cl. The van der Waals surface area contributed by atoms with Crippen molar-refractivity contribution in [1.29, 1.82) is 0 Å². The van der Waals surface area contributed by atoms with Crippen LogP contribution in [0.3, 0.4) is 0 Å². The van der Waals surface area contributed by atoms with E-state index in [-0.39, 0.29) is 6.04 Å². The maximum Gasteiger partial charge on any atom is 0.0956 e. The third kappa shape index (κ3) is 2.26. The molecule has 1 aromatic heterocycles. The third-order valence-electron chi connectivity index (χ3n) is 3.16. The van der Waals surface area contributed by atoms with E-state index in [9.17, 15) is 0 Å². The van der Waals surface area contributed by atoms with E-state index in [1.165, 1.54) is 0 Å². The molecule has 3 aromatic rings. The van der Waals surface area contributed by atoms with Gasteiger partial charge in [0.1, 0.15) is 0 Å². The first-order chi connectivity index (χ1) is 9.66. The molecule has 0 fully saturated rings. The lowest BCUT2D eigenvalue weighted by molar-refractivity contribution is 0.784. The number of benzene rings is 2. The largest absolute Gasteiger partial charge is 0.323 e. The van der Waals surface area contributed by atoms with Crippen LogP contribution in [-0.2, 0) is 0 Å². The molecule has 0 radical (unpaired) electrons. The Labute approximate surface area is 122 Å².